The Hall–Kier alpha value is -0.570. The van der Waals surface area contributed by atoms with Gasteiger partial charge in [-0.25, -0.2) is 0 Å². The molecule has 3 atom stereocenters. The highest BCUT2D eigenvalue weighted by Gasteiger charge is 2.30. The van der Waals surface area contributed by atoms with E-state index in [1.807, 2.05) is 20.8 Å². The van der Waals surface area contributed by atoms with Crippen molar-refractivity contribution in [3.8, 4) is 0 Å². The summed E-state index contributed by atoms with van der Waals surface area (Å²) >= 11 is 0. The smallest absolute Gasteiger partial charge is 0.237 e. The highest BCUT2D eigenvalue weighted by molar-refractivity contribution is 5.82. The van der Waals surface area contributed by atoms with Crippen LogP contribution in [0.3, 0.4) is 0 Å². The molecule has 3 N–H and O–H groups in total. The van der Waals surface area contributed by atoms with E-state index in [9.17, 15) is 4.79 Å². The minimum Gasteiger partial charge on any atom is -0.352 e. The summed E-state index contributed by atoms with van der Waals surface area (Å²) in [7, 11) is 0. The summed E-state index contributed by atoms with van der Waals surface area (Å²) in [6.45, 7) is 8.26. The molecule has 1 amide bonds. The van der Waals surface area contributed by atoms with E-state index in [1.54, 1.807) is 0 Å². The van der Waals surface area contributed by atoms with Crippen LogP contribution in [0.2, 0.25) is 0 Å². The van der Waals surface area contributed by atoms with Crippen LogP contribution < -0.4 is 11.1 Å². The van der Waals surface area contributed by atoms with Crippen LogP contribution in [0.1, 0.15) is 59.8 Å². The SMILES string of the molecule is CC1CCCCCC1NC(=O)[C@H](N)C(C)(C)C. The molecule has 0 aromatic carbocycles. The fourth-order valence-corrected chi connectivity index (χ4v) is 2.37. The topological polar surface area (TPSA) is 55.1 Å². The van der Waals surface area contributed by atoms with Gasteiger partial charge in [0.1, 0.15) is 0 Å². The first-order valence-electron chi connectivity index (χ1n) is 6.88. The number of nitrogens with two attached hydrogens (primary N) is 1. The lowest BCUT2D eigenvalue weighted by Crippen LogP contribution is -2.52. The fraction of sp³-hybridized carbons (Fsp3) is 0.929. The van der Waals surface area contributed by atoms with Gasteiger partial charge in [-0.3, -0.25) is 4.79 Å². The summed E-state index contributed by atoms with van der Waals surface area (Å²) in [5.41, 5.74) is 5.82. The average Bonchev–Trinajstić information content (AvgIpc) is 2.42. The molecule has 0 spiro atoms. The number of rotatable bonds is 2. The zero-order chi connectivity index (χ0) is 13.1. The lowest BCUT2D eigenvalue weighted by molar-refractivity contribution is -0.125. The summed E-state index contributed by atoms with van der Waals surface area (Å²) in [5, 5.41) is 3.15. The molecule has 0 radical (unpaired) electrons. The predicted molar refractivity (Wildman–Crippen MR) is 71.6 cm³/mol. The second kappa shape index (κ2) is 5.85. The Morgan fingerprint density at radius 1 is 1.24 bits per heavy atom. The van der Waals surface area contributed by atoms with Crippen LogP contribution in [0.5, 0.6) is 0 Å². The molecule has 0 heterocycles. The molecular weight excluding hydrogens is 212 g/mol. The van der Waals surface area contributed by atoms with E-state index >= 15 is 0 Å². The van der Waals surface area contributed by atoms with Crippen molar-refractivity contribution in [1.29, 1.82) is 0 Å². The van der Waals surface area contributed by atoms with Gasteiger partial charge in [-0.1, -0.05) is 47.0 Å². The van der Waals surface area contributed by atoms with E-state index < -0.39 is 6.04 Å². The molecule has 1 rings (SSSR count). The molecule has 3 nitrogen and oxygen atoms in total. The first kappa shape index (κ1) is 14.5. The van der Waals surface area contributed by atoms with Gasteiger partial charge in [0, 0.05) is 6.04 Å². The lowest BCUT2D eigenvalue weighted by Gasteiger charge is -2.30. The number of amides is 1. The monoisotopic (exact) mass is 240 g/mol. The van der Waals surface area contributed by atoms with E-state index in [1.165, 1.54) is 25.7 Å². The molecule has 17 heavy (non-hydrogen) atoms. The summed E-state index contributed by atoms with van der Waals surface area (Å²) < 4.78 is 0. The third-order valence-electron chi connectivity index (χ3n) is 3.90. The van der Waals surface area contributed by atoms with Crippen LogP contribution in [0.15, 0.2) is 0 Å². The molecule has 0 aromatic rings. The normalized spacial score (nSPS) is 28.3. The lowest BCUT2D eigenvalue weighted by atomic mass is 9.86. The maximum absolute atomic E-state index is 12.1. The van der Waals surface area contributed by atoms with Crippen LogP contribution in [0.4, 0.5) is 0 Å². The molecule has 1 saturated carbocycles. The van der Waals surface area contributed by atoms with Gasteiger partial charge in [0.25, 0.3) is 0 Å². The average molecular weight is 240 g/mol. The summed E-state index contributed by atoms with van der Waals surface area (Å²) in [4.78, 5) is 12.1. The Morgan fingerprint density at radius 2 is 1.82 bits per heavy atom. The second-order valence-corrected chi connectivity index (χ2v) is 6.57. The van der Waals surface area contributed by atoms with Crippen LogP contribution in [-0.4, -0.2) is 18.0 Å². The van der Waals surface area contributed by atoms with Gasteiger partial charge in [0.15, 0.2) is 0 Å². The van der Waals surface area contributed by atoms with Gasteiger partial charge < -0.3 is 11.1 Å². The second-order valence-electron chi connectivity index (χ2n) is 6.57. The van der Waals surface area contributed by atoms with Crippen molar-refractivity contribution in [3.05, 3.63) is 0 Å². The first-order valence-corrected chi connectivity index (χ1v) is 6.88. The molecule has 0 saturated heterocycles. The highest BCUT2D eigenvalue weighted by Crippen LogP contribution is 2.24. The third kappa shape index (κ3) is 4.30. The summed E-state index contributed by atoms with van der Waals surface area (Å²) in [6.07, 6.45) is 6.13. The maximum Gasteiger partial charge on any atom is 0.237 e. The Morgan fingerprint density at radius 3 is 2.41 bits per heavy atom. The van der Waals surface area contributed by atoms with Gasteiger partial charge in [-0.05, 0) is 24.2 Å². The molecule has 3 heteroatoms. The molecule has 100 valence electrons. The minimum absolute atomic E-state index is 0.0104. The van der Waals surface area contributed by atoms with E-state index in [4.69, 9.17) is 5.73 Å². The van der Waals surface area contributed by atoms with Crippen molar-refractivity contribution in [2.75, 3.05) is 0 Å². The molecular formula is C14H28N2O. The van der Waals surface area contributed by atoms with Crippen LogP contribution in [0.25, 0.3) is 0 Å². The summed E-state index contributed by atoms with van der Waals surface area (Å²) in [5.74, 6) is 0.588. The van der Waals surface area contributed by atoms with Crippen molar-refractivity contribution in [2.45, 2.75) is 71.9 Å². The minimum atomic E-state index is -0.419. The predicted octanol–water partition coefficient (Wildman–Crippen LogP) is 2.44. The van der Waals surface area contributed by atoms with Gasteiger partial charge >= 0.3 is 0 Å². The molecule has 0 aliphatic heterocycles. The Labute approximate surface area is 106 Å². The van der Waals surface area contributed by atoms with E-state index in [0.29, 0.717) is 12.0 Å². The molecule has 2 unspecified atom stereocenters. The van der Waals surface area contributed by atoms with Crippen molar-refractivity contribution in [1.82, 2.24) is 5.32 Å². The standard InChI is InChI=1S/C14H28N2O/c1-10-8-6-5-7-9-11(10)16-13(17)12(15)14(2,3)4/h10-12H,5-9,15H2,1-4H3,(H,16,17)/t10?,11?,12-/m0/s1. The number of hydrogen-bond donors (Lipinski definition) is 2. The van der Waals surface area contributed by atoms with Gasteiger partial charge in [0.05, 0.1) is 6.04 Å². The quantitative estimate of drug-likeness (QED) is 0.728. The zero-order valence-electron chi connectivity index (χ0n) is 11.8. The Kier molecular flexibility index (Phi) is 4.99. The molecule has 1 aliphatic rings. The largest absolute Gasteiger partial charge is 0.352 e. The van der Waals surface area contributed by atoms with E-state index in [0.717, 1.165) is 6.42 Å². The first-order chi connectivity index (χ1) is 7.82. The number of carbonyl (C=O) groups excluding carboxylic acids is 1. The van der Waals surface area contributed by atoms with Gasteiger partial charge in [0.2, 0.25) is 5.91 Å². The van der Waals surface area contributed by atoms with Crippen LogP contribution in [0, 0.1) is 11.3 Å². The van der Waals surface area contributed by atoms with E-state index in [2.05, 4.69) is 12.2 Å². The Balaban J connectivity index is 2.54. The van der Waals surface area contributed by atoms with Gasteiger partial charge in [-0.2, -0.15) is 0 Å². The van der Waals surface area contributed by atoms with Crippen LogP contribution >= 0.6 is 0 Å². The number of carbonyl (C=O) groups is 1. The number of nitrogens with one attached hydrogen (secondary N) is 1. The third-order valence-corrected chi connectivity index (χ3v) is 3.90. The van der Waals surface area contributed by atoms with Crippen molar-refractivity contribution >= 4 is 5.91 Å². The number of hydrogen-bond acceptors (Lipinski definition) is 2. The summed E-state index contributed by atoms with van der Waals surface area (Å²) in [6, 6.07) is -0.101. The van der Waals surface area contributed by atoms with Crippen LogP contribution in [-0.2, 0) is 4.79 Å². The fourth-order valence-electron chi connectivity index (χ4n) is 2.37. The zero-order valence-corrected chi connectivity index (χ0v) is 11.8. The van der Waals surface area contributed by atoms with Gasteiger partial charge in [-0.15, -0.1) is 0 Å². The molecule has 1 aliphatic carbocycles. The highest BCUT2D eigenvalue weighted by atomic mass is 16.2. The maximum atomic E-state index is 12.1. The van der Waals surface area contributed by atoms with E-state index in [-0.39, 0.29) is 11.3 Å². The molecule has 1 fully saturated rings. The van der Waals surface area contributed by atoms with Crippen molar-refractivity contribution in [2.24, 2.45) is 17.1 Å². The van der Waals surface area contributed by atoms with Crippen molar-refractivity contribution in [3.63, 3.8) is 0 Å². The molecule has 0 bridgehead atoms. The Bertz CT molecular complexity index is 257. The molecule has 0 aromatic heterocycles. The van der Waals surface area contributed by atoms with Crippen molar-refractivity contribution < 1.29 is 4.79 Å².